The molecule has 0 amide bonds. The van der Waals surface area contributed by atoms with E-state index in [2.05, 4.69) is 4.98 Å². The predicted molar refractivity (Wildman–Crippen MR) is 51.7 cm³/mol. The van der Waals surface area contributed by atoms with Crippen LogP contribution in [-0.2, 0) is 0 Å². The molecule has 1 aromatic carbocycles. The molecule has 0 fully saturated rings. The van der Waals surface area contributed by atoms with Crippen LogP contribution in [0.25, 0.3) is 11.5 Å². The minimum atomic E-state index is 0.633. The first-order valence-electron chi connectivity index (χ1n) is 3.94. The fraction of sp³-hybridized carbons (Fsp3) is 0.100. The predicted octanol–water partition coefficient (Wildman–Crippen LogP) is 3.30. The van der Waals surface area contributed by atoms with E-state index in [4.69, 9.17) is 16.0 Å². The first-order chi connectivity index (χ1) is 6.25. The first kappa shape index (κ1) is 8.32. The third-order valence-corrected chi connectivity index (χ3v) is 1.96. The monoisotopic (exact) mass is 193 g/mol. The van der Waals surface area contributed by atoms with Crippen LogP contribution in [0, 0.1) is 6.92 Å². The average molecular weight is 194 g/mol. The fourth-order valence-electron chi connectivity index (χ4n) is 1.08. The molecule has 0 spiro atoms. The van der Waals surface area contributed by atoms with E-state index in [1.54, 1.807) is 6.20 Å². The van der Waals surface area contributed by atoms with Crippen LogP contribution in [-0.4, -0.2) is 4.98 Å². The lowest BCUT2D eigenvalue weighted by molar-refractivity contribution is 0.542. The number of halogens is 1. The van der Waals surface area contributed by atoms with E-state index in [0.29, 0.717) is 10.9 Å². The molecule has 0 unspecified atom stereocenters. The molecule has 1 heterocycles. The van der Waals surface area contributed by atoms with E-state index in [-0.39, 0.29) is 0 Å². The summed E-state index contributed by atoms with van der Waals surface area (Å²) in [6.07, 6.45) is 1.70. The Morgan fingerprint density at radius 2 is 1.92 bits per heavy atom. The van der Waals surface area contributed by atoms with Gasteiger partial charge in [-0.05, 0) is 31.2 Å². The smallest absolute Gasteiger partial charge is 0.226 e. The summed E-state index contributed by atoms with van der Waals surface area (Å²) in [7, 11) is 0. The largest absolute Gasteiger partial charge is 0.441 e. The molecular formula is C10H8ClNO. The van der Waals surface area contributed by atoms with Crippen molar-refractivity contribution in [1.82, 2.24) is 4.98 Å². The molecule has 0 atom stereocenters. The summed E-state index contributed by atoms with van der Waals surface area (Å²) in [5, 5.41) is 0.715. The average Bonchev–Trinajstić information content (AvgIpc) is 2.53. The summed E-state index contributed by atoms with van der Waals surface area (Å²) in [5.74, 6) is 1.44. The molecule has 1 aromatic heterocycles. The van der Waals surface area contributed by atoms with Gasteiger partial charge in [0.05, 0.1) is 6.20 Å². The van der Waals surface area contributed by atoms with E-state index in [1.165, 1.54) is 0 Å². The lowest BCUT2D eigenvalue weighted by Gasteiger charge is -1.94. The zero-order valence-electron chi connectivity index (χ0n) is 7.12. The maximum Gasteiger partial charge on any atom is 0.226 e. The molecule has 0 saturated carbocycles. The molecule has 0 aliphatic rings. The van der Waals surface area contributed by atoms with E-state index < -0.39 is 0 Å². The molecule has 0 N–H and O–H groups in total. The summed E-state index contributed by atoms with van der Waals surface area (Å²) in [6.45, 7) is 1.87. The minimum Gasteiger partial charge on any atom is -0.441 e. The van der Waals surface area contributed by atoms with Gasteiger partial charge in [0.25, 0.3) is 0 Å². The van der Waals surface area contributed by atoms with Crippen molar-refractivity contribution >= 4 is 11.6 Å². The molecular weight excluding hydrogens is 186 g/mol. The lowest BCUT2D eigenvalue weighted by Crippen LogP contribution is -1.74. The fourth-order valence-corrected chi connectivity index (χ4v) is 1.21. The standard InChI is InChI=1S/C10H8ClNO/c1-7-6-12-10(13-7)8-2-4-9(11)5-3-8/h2-6H,1H3. The number of oxazole rings is 1. The van der Waals surface area contributed by atoms with Crippen LogP contribution in [0.15, 0.2) is 34.9 Å². The van der Waals surface area contributed by atoms with Gasteiger partial charge in [-0.3, -0.25) is 0 Å². The number of aromatic nitrogens is 1. The summed E-state index contributed by atoms with van der Waals surface area (Å²) in [6, 6.07) is 7.40. The molecule has 3 heteroatoms. The van der Waals surface area contributed by atoms with Crippen molar-refractivity contribution in [2.24, 2.45) is 0 Å². The third kappa shape index (κ3) is 1.73. The van der Waals surface area contributed by atoms with E-state index >= 15 is 0 Å². The summed E-state index contributed by atoms with van der Waals surface area (Å²) >= 11 is 5.75. The molecule has 66 valence electrons. The van der Waals surface area contributed by atoms with Gasteiger partial charge < -0.3 is 4.42 Å². The molecule has 2 nitrogen and oxygen atoms in total. The molecule has 0 aliphatic carbocycles. The second-order valence-corrected chi connectivity index (χ2v) is 3.22. The number of rotatable bonds is 1. The van der Waals surface area contributed by atoms with Gasteiger partial charge in [-0.15, -0.1) is 0 Å². The first-order valence-corrected chi connectivity index (χ1v) is 4.32. The highest BCUT2D eigenvalue weighted by Gasteiger charge is 2.02. The van der Waals surface area contributed by atoms with Gasteiger partial charge in [-0.2, -0.15) is 0 Å². The van der Waals surface area contributed by atoms with Crippen molar-refractivity contribution < 1.29 is 4.42 Å². The highest BCUT2D eigenvalue weighted by molar-refractivity contribution is 6.30. The van der Waals surface area contributed by atoms with Gasteiger partial charge >= 0.3 is 0 Å². The van der Waals surface area contributed by atoms with E-state index in [9.17, 15) is 0 Å². The molecule has 0 saturated heterocycles. The Bertz CT molecular complexity index is 405. The van der Waals surface area contributed by atoms with Crippen LogP contribution in [0.3, 0.4) is 0 Å². The Morgan fingerprint density at radius 3 is 2.46 bits per heavy atom. The van der Waals surface area contributed by atoms with Gasteiger partial charge in [0.15, 0.2) is 0 Å². The van der Waals surface area contributed by atoms with Gasteiger partial charge in [-0.25, -0.2) is 4.98 Å². The Balaban J connectivity index is 2.41. The van der Waals surface area contributed by atoms with Gasteiger partial charge in [0.1, 0.15) is 5.76 Å². The lowest BCUT2D eigenvalue weighted by atomic mass is 10.2. The number of hydrogen-bond acceptors (Lipinski definition) is 2. The highest BCUT2D eigenvalue weighted by atomic mass is 35.5. The third-order valence-electron chi connectivity index (χ3n) is 1.71. The number of aryl methyl sites for hydroxylation is 1. The van der Waals surface area contributed by atoms with Gasteiger partial charge in [0.2, 0.25) is 5.89 Å². The SMILES string of the molecule is Cc1cnc(-c2ccc(Cl)cc2)o1. The number of nitrogens with zero attached hydrogens (tertiary/aromatic N) is 1. The Hall–Kier alpha value is -1.28. The van der Waals surface area contributed by atoms with Gasteiger partial charge in [-0.1, -0.05) is 11.6 Å². The van der Waals surface area contributed by atoms with Crippen LogP contribution in [0.5, 0.6) is 0 Å². The quantitative estimate of drug-likeness (QED) is 0.695. The van der Waals surface area contributed by atoms with Crippen LogP contribution in [0.2, 0.25) is 5.02 Å². The molecule has 2 rings (SSSR count). The molecule has 0 aliphatic heterocycles. The maximum absolute atomic E-state index is 5.75. The van der Waals surface area contributed by atoms with E-state index in [0.717, 1.165) is 11.3 Å². The number of hydrogen-bond donors (Lipinski definition) is 0. The molecule has 0 radical (unpaired) electrons. The molecule has 2 aromatic rings. The van der Waals surface area contributed by atoms with E-state index in [1.807, 2.05) is 31.2 Å². The van der Waals surface area contributed by atoms with Crippen LogP contribution < -0.4 is 0 Å². The van der Waals surface area contributed by atoms with Crippen LogP contribution in [0.1, 0.15) is 5.76 Å². The summed E-state index contributed by atoms with van der Waals surface area (Å²) < 4.78 is 5.36. The summed E-state index contributed by atoms with van der Waals surface area (Å²) in [5.41, 5.74) is 0.942. The van der Waals surface area contributed by atoms with Crippen molar-refractivity contribution in [2.45, 2.75) is 6.92 Å². The maximum atomic E-state index is 5.75. The van der Waals surface area contributed by atoms with Gasteiger partial charge in [0, 0.05) is 10.6 Å². The van der Waals surface area contributed by atoms with Crippen LogP contribution >= 0.6 is 11.6 Å². The normalized spacial score (nSPS) is 10.3. The van der Waals surface area contributed by atoms with Crippen molar-refractivity contribution in [3.8, 4) is 11.5 Å². The Morgan fingerprint density at radius 1 is 1.23 bits per heavy atom. The Kier molecular flexibility index (Phi) is 2.07. The zero-order valence-corrected chi connectivity index (χ0v) is 7.88. The molecule has 0 bridgehead atoms. The summed E-state index contributed by atoms with van der Waals surface area (Å²) in [4.78, 5) is 4.11. The second kappa shape index (κ2) is 3.23. The van der Waals surface area contributed by atoms with Crippen molar-refractivity contribution in [3.63, 3.8) is 0 Å². The zero-order chi connectivity index (χ0) is 9.26. The highest BCUT2D eigenvalue weighted by Crippen LogP contribution is 2.20. The Labute approximate surface area is 81.2 Å². The van der Waals surface area contributed by atoms with Crippen LogP contribution in [0.4, 0.5) is 0 Å². The van der Waals surface area contributed by atoms with Crippen molar-refractivity contribution in [2.75, 3.05) is 0 Å². The van der Waals surface area contributed by atoms with Crippen molar-refractivity contribution in [3.05, 3.63) is 41.2 Å². The number of benzene rings is 1. The topological polar surface area (TPSA) is 26.0 Å². The molecule has 13 heavy (non-hydrogen) atoms. The van der Waals surface area contributed by atoms with Crippen molar-refractivity contribution in [1.29, 1.82) is 0 Å². The minimum absolute atomic E-state index is 0.633. The second-order valence-electron chi connectivity index (χ2n) is 2.78.